The van der Waals surface area contributed by atoms with E-state index in [0.717, 1.165) is 11.1 Å². The first-order valence-electron chi connectivity index (χ1n) is 6.43. The monoisotopic (exact) mass is 284 g/mol. The lowest BCUT2D eigenvalue weighted by molar-refractivity contribution is -0.117. The van der Waals surface area contributed by atoms with E-state index in [2.05, 4.69) is 0 Å². The SMILES string of the molecule is NC(=O)CC1=C(C(N)=O)CC(=Cc2ccc(O)cc2)C=C1. The minimum Gasteiger partial charge on any atom is -0.508 e. The maximum absolute atomic E-state index is 11.5. The van der Waals surface area contributed by atoms with Crippen molar-refractivity contribution < 1.29 is 14.7 Å². The van der Waals surface area contributed by atoms with Crippen LogP contribution in [0, 0.1) is 0 Å². The fourth-order valence-electron chi connectivity index (χ4n) is 2.17. The summed E-state index contributed by atoms with van der Waals surface area (Å²) in [5.74, 6) is -0.857. The average molecular weight is 284 g/mol. The highest BCUT2D eigenvalue weighted by Gasteiger charge is 2.17. The van der Waals surface area contributed by atoms with Gasteiger partial charge in [0.25, 0.3) is 0 Å². The van der Waals surface area contributed by atoms with Crippen LogP contribution in [0.1, 0.15) is 18.4 Å². The van der Waals surface area contributed by atoms with E-state index in [1.165, 1.54) is 0 Å². The summed E-state index contributed by atoms with van der Waals surface area (Å²) < 4.78 is 0. The molecule has 1 aliphatic carbocycles. The predicted molar refractivity (Wildman–Crippen MR) is 79.9 cm³/mol. The summed E-state index contributed by atoms with van der Waals surface area (Å²) in [6.07, 6.45) is 5.77. The van der Waals surface area contributed by atoms with Crippen molar-refractivity contribution in [3.8, 4) is 5.75 Å². The Bertz CT molecular complexity index is 667. The summed E-state index contributed by atoms with van der Waals surface area (Å²) in [4.78, 5) is 22.5. The van der Waals surface area contributed by atoms with Gasteiger partial charge in [-0.3, -0.25) is 9.59 Å². The molecule has 1 aromatic carbocycles. The lowest BCUT2D eigenvalue weighted by Gasteiger charge is -2.15. The molecule has 108 valence electrons. The van der Waals surface area contributed by atoms with Crippen LogP contribution in [0.3, 0.4) is 0 Å². The Morgan fingerprint density at radius 1 is 1.14 bits per heavy atom. The summed E-state index contributed by atoms with van der Waals surface area (Å²) in [5, 5.41) is 9.25. The number of phenols is 1. The molecule has 2 amide bonds. The first kappa shape index (κ1) is 14.6. The van der Waals surface area contributed by atoms with Crippen LogP contribution in [0.4, 0.5) is 0 Å². The second-order valence-corrected chi connectivity index (χ2v) is 4.83. The van der Waals surface area contributed by atoms with Crippen molar-refractivity contribution in [2.75, 3.05) is 0 Å². The van der Waals surface area contributed by atoms with E-state index in [-0.39, 0.29) is 12.2 Å². The highest BCUT2D eigenvalue weighted by Crippen LogP contribution is 2.26. The number of aromatic hydroxyl groups is 1. The predicted octanol–water partition coefficient (Wildman–Crippen LogP) is 1.39. The van der Waals surface area contributed by atoms with Crippen LogP contribution in [0.2, 0.25) is 0 Å². The minimum absolute atomic E-state index is 0.00125. The normalized spacial score (nSPS) is 16.3. The quantitative estimate of drug-likeness (QED) is 0.777. The first-order valence-corrected chi connectivity index (χ1v) is 6.43. The Morgan fingerprint density at radius 2 is 1.81 bits per heavy atom. The van der Waals surface area contributed by atoms with Crippen molar-refractivity contribution in [3.05, 3.63) is 58.7 Å². The van der Waals surface area contributed by atoms with Crippen LogP contribution in [0.25, 0.3) is 6.08 Å². The van der Waals surface area contributed by atoms with Crippen molar-refractivity contribution in [2.24, 2.45) is 11.5 Å². The summed E-state index contributed by atoms with van der Waals surface area (Å²) >= 11 is 0. The molecule has 0 radical (unpaired) electrons. The van der Waals surface area contributed by atoms with Gasteiger partial charge in [-0.25, -0.2) is 0 Å². The molecular formula is C16H16N2O3. The largest absolute Gasteiger partial charge is 0.508 e. The second-order valence-electron chi connectivity index (χ2n) is 4.83. The van der Waals surface area contributed by atoms with Gasteiger partial charge >= 0.3 is 0 Å². The molecule has 5 nitrogen and oxygen atoms in total. The number of benzene rings is 1. The van der Waals surface area contributed by atoms with E-state index in [0.29, 0.717) is 17.6 Å². The number of hydrogen-bond donors (Lipinski definition) is 3. The summed E-state index contributed by atoms with van der Waals surface area (Å²) in [7, 11) is 0. The van der Waals surface area contributed by atoms with Gasteiger partial charge in [-0.15, -0.1) is 0 Å². The first-order chi connectivity index (χ1) is 9.95. The lowest BCUT2D eigenvalue weighted by atomic mass is 9.90. The van der Waals surface area contributed by atoms with Gasteiger partial charge in [0, 0.05) is 12.0 Å². The van der Waals surface area contributed by atoms with Gasteiger partial charge in [0.1, 0.15) is 5.75 Å². The van der Waals surface area contributed by atoms with Gasteiger partial charge in [-0.05, 0) is 28.8 Å². The zero-order valence-electron chi connectivity index (χ0n) is 11.4. The molecule has 2 rings (SSSR count). The van der Waals surface area contributed by atoms with Gasteiger partial charge < -0.3 is 16.6 Å². The standard InChI is InChI=1S/C16H16N2O3/c17-15(20)9-12-4-1-11(8-14(12)16(18)21)7-10-2-5-13(19)6-3-10/h1-7,19H,8-9H2,(H2,17,20)(H2,18,21). The van der Waals surface area contributed by atoms with Crippen LogP contribution < -0.4 is 11.5 Å². The molecule has 0 bridgehead atoms. The van der Waals surface area contributed by atoms with E-state index < -0.39 is 11.8 Å². The number of primary amides is 2. The zero-order chi connectivity index (χ0) is 15.4. The molecule has 1 aliphatic rings. The Kier molecular flexibility index (Phi) is 4.23. The van der Waals surface area contributed by atoms with Crippen LogP contribution in [0.15, 0.2) is 53.1 Å². The van der Waals surface area contributed by atoms with Crippen molar-refractivity contribution in [3.63, 3.8) is 0 Å². The molecule has 5 N–H and O–H groups in total. The molecule has 1 aromatic rings. The molecule has 5 heteroatoms. The Labute approximate surface area is 122 Å². The fraction of sp³-hybridized carbons (Fsp3) is 0.125. The smallest absolute Gasteiger partial charge is 0.245 e. The fourth-order valence-corrected chi connectivity index (χ4v) is 2.17. The number of rotatable bonds is 4. The molecule has 21 heavy (non-hydrogen) atoms. The number of allylic oxidation sites excluding steroid dienone is 3. The number of hydrogen-bond acceptors (Lipinski definition) is 3. The molecular weight excluding hydrogens is 268 g/mol. The third-order valence-corrected chi connectivity index (χ3v) is 3.17. The van der Waals surface area contributed by atoms with E-state index in [4.69, 9.17) is 11.5 Å². The Morgan fingerprint density at radius 3 is 2.38 bits per heavy atom. The van der Waals surface area contributed by atoms with Crippen LogP contribution in [-0.2, 0) is 9.59 Å². The van der Waals surface area contributed by atoms with Crippen molar-refractivity contribution >= 4 is 17.9 Å². The minimum atomic E-state index is -0.549. The van der Waals surface area contributed by atoms with E-state index in [1.807, 2.05) is 12.2 Å². The van der Waals surface area contributed by atoms with Crippen LogP contribution in [0.5, 0.6) is 5.75 Å². The van der Waals surface area contributed by atoms with Crippen molar-refractivity contribution in [1.82, 2.24) is 0 Å². The summed E-state index contributed by atoms with van der Waals surface area (Å²) in [5.41, 5.74) is 13.3. The Hall–Kier alpha value is -2.82. The van der Waals surface area contributed by atoms with Gasteiger partial charge in [0.2, 0.25) is 11.8 Å². The van der Waals surface area contributed by atoms with Gasteiger partial charge in [0.15, 0.2) is 0 Å². The lowest BCUT2D eigenvalue weighted by Crippen LogP contribution is -2.20. The van der Waals surface area contributed by atoms with E-state index >= 15 is 0 Å². The molecule has 0 saturated heterocycles. The highest BCUT2D eigenvalue weighted by atomic mass is 16.3. The summed E-state index contributed by atoms with van der Waals surface area (Å²) in [6, 6.07) is 6.70. The number of phenolic OH excluding ortho intramolecular Hbond substituents is 1. The molecule has 0 atom stereocenters. The topological polar surface area (TPSA) is 106 Å². The molecule has 0 fully saturated rings. The molecule has 0 unspecified atom stereocenters. The van der Waals surface area contributed by atoms with Crippen molar-refractivity contribution in [1.29, 1.82) is 0 Å². The molecule has 0 heterocycles. The highest BCUT2D eigenvalue weighted by molar-refractivity contribution is 5.96. The second kappa shape index (κ2) is 6.09. The number of carbonyl (C=O) groups is 2. The summed E-state index contributed by atoms with van der Waals surface area (Å²) in [6.45, 7) is 0. The van der Waals surface area contributed by atoms with Gasteiger partial charge in [-0.2, -0.15) is 0 Å². The van der Waals surface area contributed by atoms with Crippen LogP contribution in [-0.4, -0.2) is 16.9 Å². The molecule has 0 saturated carbocycles. The maximum atomic E-state index is 11.5. The number of amides is 2. The average Bonchev–Trinajstić information content (AvgIpc) is 2.42. The third kappa shape index (κ3) is 3.82. The molecule has 0 spiro atoms. The van der Waals surface area contributed by atoms with Crippen molar-refractivity contribution in [2.45, 2.75) is 12.8 Å². The Balaban J connectivity index is 2.26. The number of nitrogens with two attached hydrogens (primary N) is 2. The van der Waals surface area contributed by atoms with E-state index in [9.17, 15) is 14.7 Å². The zero-order valence-corrected chi connectivity index (χ0v) is 11.4. The molecule has 0 aromatic heterocycles. The van der Waals surface area contributed by atoms with E-state index in [1.54, 1.807) is 30.3 Å². The van der Waals surface area contributed by atoms with Gasteiger partial charge in [0.05, 0.1) is 6.42 Å². The maximum Gasteiger partial charge on any atom is 0.245 e. The molecule has 0 aliphatic heterocycles. The number of carbonyl (C=O) groups excluding carboxylic acids is 2. The van der Waals surface area contributed by atoms with Gasteiger partial charge in [-0.1, -0.05) is 30.4 Å². The van der Waals surface area contributed by atoms with Crippen LogP contribution >= 0.6 is 0 Å². The third-order valence-electron chi connectivity index (χ3n) is 3.17.